The zero-order valence-corrected chi connectivity index (χ0v) is 12.9. The van der Waals surface area contributed by atoms with Crippen molar-refractivity contribution >= 4 is 32.9 Å². The van der Waals surface area contributed by atoms with Crippen molar-refractivity contribution in [3.05, 3.63) is 41.5 Å². The summed E-state index contributed by atoms with van der Waals surface area (Å²) in [7, 11) is -4.39. The Hall–Kier alpha value is -2.45. The maximum atomic E-state index is 11.4. The summed E-state index contributed by atoms with van der Waals surface area (Å²) in [5.41, 5.74) is 14.2. The van der Waals surface area contributed by atoms with Gasteiger partial charge in [-0.1, -0.05) is 6.07 Å². The zero-order valence-electron chi connectivity index (χ0n) is 12.1. The molecule has 22 heavy (non-hydrogen) atoms. The molecule has 0 aromatic heterocycles. The molecule has 2 aromatic carbocycles. The standard InChI is InChI=1S/C14H16N4O3S/c1-8-3-4-12(14(5-8)22(19,20)21)17-18-13-6-9(2)10(15)7-11(13)16/h3-7H,15-16H2,1-2H3,(H,19,20,21). The van der Waals surface area contributed by atoms with Crippen LogP contribution in [0.5, 0.6) is 0 Å². The van der Waals surface area contributed by atoms with Gasteiger partial charge in [0.1, 0.15) is 16.3 Å². The number of nitrogen functional groups attached to an aromatic ring is 2. The molecule has 0 fully saturated rings. The Morgan fingerprint density at radius 1 is 0.955 bits per heavy atom. The van der Waals surface area contributed by atoms with Crippen LogP contribution in [0.1, 0.15) is 11.1 Å². The van der Waals surface area contributed by atoms with Crippen molar-refractivity contribution in [1.82, 2.24) is 0 Å². The molecule has 0 aliphatic rings. The Balaban J connectivity index is 2.50. The first kappa shape index (κ1) is 15.9. The Kier molecular flexibility index (Phi) is 4.16. The number of hydrogen-bond donors (Lipinski definition) is 3. The molecule has 0 spiro atoms. The van der Waals surface area contributed by atoms with Crippen LogP contribution in [-0.2, 0) is 10.1 Å². The fourth-order valence-corrected chi connectivity index (χ4v) is 2.54. The number of aryl methyl sites for hydroxylation is 2. The smallest absolute Gasteiger partial charge is 0.296 e. The van der Waals surface area contributed by atoms with Gasteiger partial charge in [0.15, 0.2) is 0 Å². The highest BCUT2D eigenvalue weighted by Crippen LogP contribution is 2.31. The molecule has 0 unspecified atom stereocenters. The quantitative estimate of drug-likeness (QED) is 0.454. The van der Waals surface area contributed by atoms with Crippen molar-refractivity contribution in [2.45, 2.75) is 18.7 Å². The fraction of sp³-hybridized carbons (Fsp3) is 0.143. The molecule has 8 heteroatoms. The van der Waals surface area contributed by atoms with E-state index in [2.05, 4.69) is 10.2 Å². The Morgan fingerprint density at radius 3 is 2.23 bits per heavy atom. The van der Waals surface area contributed by atoms with Crippen LogP contribution < -0.4 is 11.5 Å². The Bertz CT molecular complexity index is 861. The van der Waals surface area contributed by atoms with Gasteiger partial charge in [-0.15, -0.1) is 10.2 Å². The number of nitrogens with two attached hydrogens (primary N) is 2. The summed E-state index contributed by atoms with van der Waals surface area (Å²) in [5.74, 6) is 0. The van der Waals surface area contributed by atoms with Crippen LogP contribution in [0.25, 0.3) is 0 Å². The van der Waals surface area contributed by atoms with E-state index in [9.17, 15) is 13.0 Å². The molecule has 0 radical (unpaired) electrons. The lowest BCUT2D eigenvalue weighted by Gasteiger charge is -2.05. The van der Waals surface area contributed by atoms with E-state index < -0.39 is 10.1 Å². The summed E-state index contributed by atoms with van der Waals surface area (Å²) in [5, 5.41) is 7.83. The molecule has 5 N–H and O–H groups in total. The maximum absolute atomic E-state index is 11.4. The molecule has 0 aliphatic heterocycles. The van der Waals surface area contributed by atoms with Crippen LogP contribution >= 0.6 is 0 Å². The van der Waals surface area contributed by atoms with Gasteiger partial charge in [-0.05, 0) is 49.2 Å². The average Bonchev–Trinajstić information content (AvgIpc) is 2.41. The number of benzene rings is 2. The van der Waals surface area contributed by atoms with E-state index in [0.29, 0.717) is 22.6 Å². The van der Waals surface area contributed by atoms with Crippen molar-refractivity contribution in [3.8, 4) is 0 Å². The zero-order chi connectivity index (χ0) is 16.5. The number of rotatable bonds is 3. The van der Waals surface area contributed by atoms with Crippen molar-refractivity contribution < 1.29 is 13.0 Å². The molecular weight excluding hydrogens is 304 g/mol. The highest BCUT2D eigenvalue weighted by atomic mass is 32.2. The van der Waals surface area contributed by atoms with Gasteiger partial charge in [-0.2, -0.15) is 8.42 Å². The lowest BCUT2D eigenvalue weighted by atomic mass is 10.1. The van der Waals surface area contributed by atoms with E-state index in [1.54, 1.807) is 32.0 Å². The van der Waals surface area contributed by atoms with Gasteiger partial charge in [0.2, 0.25) is 0 Å². The predicted octanol–water partition coefficient (Wildman–Crippen LogP) is 3.13. The molecule has 0 saturated carbocycles. The summed E-state index contributed by atoms with van der Waals surface area (Å²) in [6.07, 6.45) is 0. The van der Waals surface area contributed by atoms with E-state index in [4.69, 9.17) is 11.5 Å². The SMILES string of the molecule is Cc1ccc(N=Nc2cc(C)c(N)cc2N)c(S(=O)(=O)O)c1. The monoisotopic (exact) mass is 320 g/mol. The van der Waals surface area contributed by atoms with Crippen molar-refractivity contribution in [3.63, 3.8) is 0 Å². The lowest BCUT2D eigenvalue weighted by molar-refractivity contribution is 0.483. The molecule has 116 valence electrons. The number of azo groups is 1. The number of hydrogen-bond acceptors (Lipinski definition) is 6. The molecule has 0 saturated heterocycles. The predicted molar refractivity (Wildman–Crippen MR) is 85.2 cm³/mol. The Morgan fingerprint density at radius 2 is 1.59 bits per heavy atom. The topological polar surface area (TPSA) is 131 Å². The Labute approximate surface area is 128 Å². The molecule has 0 amide bonds. The molecule has 0 atom stereocenters. The first-order valence-electron chi connectivity index (χ1n) is 6.34. The molecular formula is C14H16N4O3S. The van der Waals surface area contributed by atoms with Crippen LogP contribution in [0.2, 0.25) is 0 Å². The maximum Gasteiger partial charge on any atom is 0.296 e. The molecule has 2 aromatic rings. The van der Waals surface area contributed by atoms with Crippen LogP contribution in [0.15, 0.2) is 45.5 Å². The van der Waals surface area contributed by atoms with Crippen LogP contribution in [-0.4, -0.2) is 13.0 Å². The second-order valence-corrected chi connectivity index (χ2v) is 6.30. The third-order valence-electron chi connectivity index (χ3n) is 3.07. The molecule has 0 aliphatic carbocycles. The second kappa shape index (κ2) is 5.74. The third-order valence-corrected chi connectivity index (χ3v) is 3.96. The summed E-state index contributed by atoms with van der Waals surface area (Å²) in [6, 6.07) is 7.65. The molecule has 2 rings (SSSR count). The van der Waals surface area contributed by atoms with Crippen molar-refractivity contribution in [1.29, 1.82) is 0 Å². The molecule has 0 bridgehead atoms. The number of anilines is 2. The summed E-state index contributed by atoms with van der Waals surface area (Å²) in [6.45, 7) is 3.50. The fourth-order valence-electron chi connectivity index (χ4n) is 1.83. The van der Waals surface area contributed by atoms with Crippen LogP contribution in [0.3, 0.4) is 0 Å². The number of nitrogens with zero attached hydrogens (tertiary/aromatic N) is 2. The third kappa shape index (κ3) is 3.41. The van der Waals surface area contributed by atoms with E-state index in [1.165, 1.54) is 12.1 Å². The molecule has 7 nitrogen and oxygen atoms in total. The summed E-state index contributed by atoms with van der Waals surface area (Å²) < 4.78 is 32.0. The lowest BCUT2D eigenvalue weighted by Crippen LogP contribution is -1.98. The van der Waals surface area contributed by atoms with Gasteiger partial charge < -0.3 is 11.5 Å². The highest BCUT2D eigenvalue weighted by Gasteiger charge is 2.15. The minimum Gasteiger partial charge on any atom is -0.398 e. The minimum absolute atomic E-state index is 0.0296. The van der Waals surface area contributed by atoms with Crippen molar-refractivity contribution in [2.24, 2.45) is 10.2 Å². The van der Waals surface area contributed by atoms with Crippen LogP contribution in [0, 0.1) is 13.8 Å². The van der Waals surface area contributed by atoms with E-state index in [0.717, 1.165) is 5.56 Å². The first-order valence-corrected chi connectivity index (χ1v) is 7.78. The highest BCUT2D eigenvalue weighted by molar-refractivity contribution is 7.86. The normalized spacial score (nSPS) is 12.0. The first-order chi connectivity index (χ1) is 10.2. The van der Waals surface area contributed by atoms with Gasteiger partial charge >= 0.3 is 0 Å². The van der Waals surface area contributed by atoms with E-state index >= 15 is 0 Å². The van der Waals surface area contributed by atoms with E-state index in [-0.39, 0.29) is 10.6 Å². The second-order valence-electron chi connectivity index (χ2n) is 4.91. The largest absolute Gasteiger partial charge is 0.398 e. The summed E-state index contributed by atoms with van der Waals surface area (Å²) >= 11 is 0. The van der Waals surface area contributed by atoms with Gasteiger partial charge in [0.05, 0.1) is 5.69 Å². The van der Waals surface area contributed by atoms with E-state index in [1.807, 2.05) is 0 Å². The minimum atomic E-state index is -4.39. The van der Waals surface area contributed by atoms with Gasteiger partial charge in [-0.25, -0.2) is 0 Å². The molecule has 0 heterocycles. The van der Waals surface area contributed by atoms with Gasteiger partial charge in [-0.3, -0.25) is 4.55 Å². The van der Waals surface area contributed by atoms with Gasteiger partial charge in [0.25, 0.3) is 10.1 Å². The van der Waals surface area contributed by atoms with Gasteiger partial charge in [0, 0.05) is 5.69 Å². The average molecular weight is 320 g/mol. The summed E-state index contributed by atoms with van der Waals surface area (Å²) in [4.78, 5) is -0.304. The van der Waals surface area contributed by atoms with Crippen LogP contribution in [0.4, 0.5) is 22.7 Å². The van der Waals surface area contributed by atoms with Crippen molar-refractivity contribution in [2.75, 3.05) is 11.5 Å².